The summed E-state index contributed by atoms with van der Waals surface area (Å²) in [6, 6.07) is 5.59. The largest absolute Gasteiger partial charge is 0.496 e. The first-order valence-electron chi connectivity index (χ1n) is 6.98. The summed E-state index contributed by atoms with van der Waals surface area (Å²) in [7, 11) is 1.61. The van der Waals surface area contributed by atoms with Crippen LogP contribution in [0.2, 0.25) is 5.02 Å². The Balaban J connectivity index is 2.58. The van der Waals surface area contributed by atoms with Gasteiger partial charge in [-0.05, 0) is 43.1 Å². The Morgan fingerprint density at radius 3 is 2.71 bits per heavy atom. The van der Waals surface area contributed by atoms with Crippen LogP contribution in [0.4, 0.5) is 8.78 Å². The molecule has 0 aliphatic carbocycles. The standard InChI is InChI=1S/C15H22ClF2NO2/c1-3-19-13(6-7-21-10-15(17)18)9-11-8-12(16)4-5-14(11)20-2/h4-5,8,13,15,19H,3,6-7,9-10H2,1-2H3. The summed E-state index contributed by atoms with van der Waals surface area (Å²) in [5, 5.41) is 3.97. The van der Waals surface area contributed by atoms with Crippen LogP contribution < -0.4 is 10.1 Å². The maximum absolute atomic E-state index is 12.0. The number of methoxy groups -OCH3 is 1. The lowest BCUT2D eigenvalue weighted by Gasteiger charge is -2.19. The molecule has 0 bridgehead atoms. The van der Waals surface area contributed by atoms with Crippen molar-refractivity contribution in [1.82, 2.24) is 5.32 Å². The summed E-state index contributed by atoms with van der Waals surface area (Å²) in [5.74, 6) is 0.774. The van der Waals surface area contributed by atoms with Crippen molar-refractivity contribution in [1.29, 1.82) is 0 Å². The van der Waals surface area contributed by atoms with Gasteiger partial charge in [-0.15, -0.1) is 0 Å². The van der Waals surface area contributed by atoms with E-state index in [-0.39, 0.29) is 6.04 Å². The Labute approximate surface area is 129 Å². The molecular weight excluding hydrogens is 300 g/mol. The molecular formula is C15H22ClF2NO2. The van der Waals surface area contributed by atoms with Crippen LogP contribution in [0.25, 0.3) is 0 Å². The predicted molar refractivity (Wildman–Crippen MR) is 80.6 cm³/mol. The third kappa shape index (κ3) is 7.07. The minimum absolute atomic E-state index is 0.125. The number of ether oxygens (including phenoxy) is 2. The van der Waals surface area contributed by atoms with E-state index < -0.39 is 13.0 Å². The molecule has 0 aliphatic rings. The Hall–Kier alpha value is -0.910. The van der Waals surface area contributed by atoms with Gasteiger partial charge < -0.3 is 14.8 Å². The van der Waals surface area contributed by atoms with Crippen molar-refractivity contribution >= 4 is 11.6 Å². The van der Waals surface area contributed by atoms with E-state index in [2.05, 4.69) is 5.32 Å². The van der Waals surface area contributed by atoms with Gasteiger partial charge in [0.25, 0.3) is 6.43 Å². The second-order valence-electron chi connectivity index (χ2n) is 4.67. The van der Waals surface area contributed by atoms with Gasteiger partial charge in [-0.3, -0.25) is 0 Å². The number of nitrogens with one attached hydrogen (secondary N) is 1. The Morgan fingerprint density at radius 1 is 1.33 bits per heavy atom. The SMILES string of the molecule is CCNC(CCOCC(F)F)Cc1cc(Cl)ccc1OC. The minimum atomic E-state index is -2.42. The lowest BCUT2D eigenvalue weighted by molar-refractivity contribution is 0.0144. The molecule has 3 nitrogen and oxygen atoms in total. The van der Waals surface area contributed by atoms with E-state index in [1.165, 1.54) is 0 Å². The molecule has 21 heavy (non-hydrogen) atoms. The molecule has 1 unspecified atom stereocenters. The fourth-order valence-corrected chi connectivity index (χ4v) is 2.33. The van der Waals surface area contributed by atoms with Crippen molar-refractivity contribution in [3.05, 3.63) is 28.8 Å². The van der Waals surface area contributed by atoms with Crippen LogP contribution in [0.15, 0.2) is 18.2 Å². The molecule has 0 heterocycles. The number of alkyl halides is 2. The third-order valence-electron chi connectivity index (χ3n) is 3.06. The molecule has 120 valence electrons. The molecule has 1 atom stereocenters. The molecule has 0 aliphatic heterocycles. The van der Waals surface area contributed by atoms with Crippen LogP contribution >= 0.6 is 11.6 Å². The molecule has 0 aromatic heterocycles. The van der Waals surface area contributed by atoms with Gasteiger partial charge >= 0.3 is 0 Å². The van der Waals surface area contributed by atoms with Crippen LogP contribution in [-0.4, -0.2) is 39.3 Å². The number of likely N-dealkylation sites (N-methyl/N-ethyl adjacent to an activating group) is 1. The van der Waals surface area contributed by atoms with Gasteiger partial charge in [0.2, 0.25) is 0 Å². The molecule has 0 radical (unpaired) electrons. The summed E-state index contributed by atoms with van der Waals surface area (Å²) < 4.78 is 34.3. The lowest BCUT2D eigenvalue weighted by Crippen LogP contribution is -2.32. The molecule has 0 spiro atoms. The van der Waals surface area contributed by atoms with Crippen LogP contribution in [0.5, 0.6) is 5.75 Å². The summed E-state index contributed by atoms with van der Waals surface area (Å²) >= 11 is 6.01. The van der Waals surface area contributed by atoms with E-state index in [9.17, 15) is 8.78 Å². The highest BCUT2D eigenvalue weighted by atomic mass is 35.5. The van der Waals surface area contributed by atoms with Crippen molar-refractivity contribution in [2.75, 3.05) is 26.9 Å². The Kier molecular flexibility index (Phi) is 8.57. The van der Waals surface area contributed by atoms with Crippen molar-refractivity contribution in [2.45, 2.75) is 32.2 Å². The van der Waals surface area contributed by atoms with Crippen molar-refractivity contribution in [3.8, 4) is 5.75 Å². The average molecular weight is 322 g/mol. The highest BCUT2D eigenvalue weighted by Gasteiger charge is 2.13. The zero-order valence-electron chi connectivity index (χ0n) is 12.4. The summed E-state index contributed by atoms with van der Waals surface area (Å²) in [4.78, 5) is 0. The second-order valence-corrected chi connectivity index (χ2v) is 5.11. The van der Waals surface area contributed by atoms with Gasteiger partial charge in [-0.1, -0.05) is 18.5 Å². The molecule has 1 rings (SSSR count). The smallest absolute Gasteiger partial charge is 0.261 e. The first kappa shape index (κ1) is 18.1. The fourth-order valence-electron chi connectivity index (χ4n) is 2.14. The van der Waals surface area contributed by atoms with E-state index in [1.54, 1.807) is 13.2 Å². The second kappa shape index (κ2) is 9.92. The summed E-state index contributed by atoms with van der Waals surface area (Å²) in [5.41, 5.74) is 0.991. The molecule has 0 saturated carbocycles. The van der Waals surface area contributed by atoms with Gasteiger partial charge in [-0.2, -0.15) is 0 Å². The minimum Gasteiger partial charge on any atom is -0.496 e. The topological polar surface area (TPSA) is 30.5 Å². The lowest BCUT2D eigenvalue weighted by atomic mass is 10.0. The summed E-state index contributed by atoms with van der Waals surface area (Å²) in [6.45, 7) is 2.58. The molecule has 1 aromatic rings. The van der Waals surface area contributed by atoms with Crippen molar-refractivity contribution < 1.29 is 18.3 Å². The zero-order chi connectivity index (χ0) is 15.7. The number of benzene rings is 1. The molecule has 1 N–H and O–H groups in total. The number of hydrogen-bond acceptors (Lipinski definition) is 3. The predicted octanol–water partition coefficient (Wildman–Crippen LogP) is 3.54. The van der Waals surface area contributed by atoms with Crippen LogP contribution in [0, 0.1) is 0 Å². The monoisotopic (exact) mass is 321 g/mol. The normalized spacial score (nSPS) is 12.7. The zero-order valence-corrected chi connectivity index (χ0v) is 13.1. The number of hydrogen-bond donors (Lipinski definition) is 1. The molecule has 1 aromatic carbocycles. The van der Waals surface area contributed by atoms with Crippen LogP contribution in [0.1, 0.15) is 18.9 Å². The molecule has 6 heteroatoms. The first-order valence-corrected chi connectivity index (χ1v) is 7.36. The molecule has 0 fully saturated rings. The van der Waals surface area contributed by atoms with Gasteiger partial charge in [-0.25, -0.2) is 8.78 Å². The maximum Gasteiger partial charge on any atom is 0.261 e. The van der Waals surface area contributed by atoms with Crippen LogP contribution in [-0.2, 0) is 11.2 Å². The van der Waals surface area contributed by atoms with E-state index in [4.69, 9.17) is 21.1 Å². The number of halogens is 3. The highest BCUT2D eigenvalue weighted by molar-refractivity contribution is 6.30. The van der Waals surface area contributed by atoms with Gasteiger partial charge in [0.05, 0.1) is 7.11 Å². The van der Waals surface area contributed by atoms with E-state index in [0.717, 1.165) is 17.9 Å². The van der Waals surface area contributed by atoms with Gasteiger partial charge in [0, 0.05) is 17.7 Å². The van der Waals surface area contributed by atoms with Crippen LogP contribution in [0.3, 0.4) is 0 Å². The quantitative estimate of drug-likeness (QED) is 0.669. The van der Waals surface area contributed by atoms with Crippen molar-refractivity contribution in [2.24, 2.45) is 0 Å². The fraction of sp³-hybridized carbons (Fsp3) is 0.600. The molecule has 0 saturated heterocycles. The van der Waals surface area contributed by atoms with E-state index in [1.807, 2.05) is 19.1 Å². The summed E-state index contributed by atoms with van der Waals surface area (Å²) in [6.07, 6.45) is -1.07. The Morgan fingerprint density at radius 2 is 2.10 bits per heavy atom. The van der Waals surface area contributed by atoms with E-state index >= 15 is 0 Å². The van der Waals surface area contributed by atoms with Gasteiger partial charge in [0.1, 0.15) is 12.4 Å². The Bertz CT molecular complexity index is 419. The van der Waals surface area contributed by atoms with E-state index in [0.29, 0.717) is 24.5 Å². The highest BCUT2D eigenvalue weighted by Crippen LogP contribution is 2.24. The maximum atomic E-state index is 12.0. The first-order chi connectivity index (χ1) is 10.1. The third-order valence-corrected chi connectivity index (χ3v) is 3.29. The number of rotatable bonds is 10. The van der Waals surface area contributed by atoms with Gasteiger partial charge in [0.15, 0.2) is 0 Å². The van der Waals surface area contributed by atoms with Crippen molar-refractivity contribution in [3.63, 3.8) is 0 Å². The average Bonchev–Trinajstić information content (AvgIpc) is 2.43. The molecule has 0 amide bonds.